The van der Waals surface area contributed by atoms with Crippen LogP contribution in [0.3, 0.4) is 0 Å². The molecule has 10 heteroatoms. The number of halogens is 1. The van der Waals surface area contributed by atoms with E-state index >= 15 is 0 Å². The Morgan fingerprint density at radius 3 is 2.05 bits per heavy atom. The molecule has 2 fully saturated rings. The number of nitrogens with zero attached hydrogens (tertiary/aromatic N) is 1. The van der Waals surface area contributed by atoms with Crippen LogP contribution in [0.4, 0.5) is 0 Å². The highest BCUT2D eigenvalue weighted by Crippen LogP contribution is 2.47. The number of hydrogen-bond donors (Lipinski definition) is 1. The second-order valence-electron chi connectivity index (χ2n) is 14.0. The summed E-state index contributed by atoms with van der Waals surface area (Å²) in [5, 5.41) is 3.06. The molecule has 1 N–H and O–H groups in total. The van der Waals surface area contributed by atoms with E-state index in [1.54, 1.807) is 0 Å². The summed E-state index contributed by atoms with van der Waals surface area (Å²) in [6, 6.07) is 22.6. The van der Waals surface area contributed by atoms with E-state index in [9.17, 15) is 9.59 Å². The zero-order valence-corrected chi connectivity index (χ0v) is 29.7. The van der Waals surface area contributed by atoms with Crippen molar-refractivity contribution >= 4 is 42.7 Å². The average Bonchev–Trinajstić information content (AvgIpc) is 3.56. The molecule has 2 aromatic carbocycles. The van der Waals surface area contributed by atoms with E-state index in [1.807, 2.05) is 12.1 Å². The van der Waals surface area contributed by atoms with Crippen LogP contribution in [0.25, 0.3) is 0 Å². The van der Waals surface area contributed by atoms with Gasteiger partial charge in [0.1, 0.15) is 12.3 Å². The molecule has 5 rings (SSSR count). The lowest BCUT2D eigenvalue weighted by Crippen LogP contribution is -2.68. The molecule has 0 bridgehead atoms. The molecule has 7 nitrogen and oxygen atoms in total. The Bertz CT molecular complexity index is 1450. The van der Waals surface area contributed by atoms with Gasteiger partial charge in [0, 0.05) is 24.0 Å². The minimum absolute atomic E-state index is 0.156. The van der Waals surface area contributed by atoms with Crippen LogP contribution in [0.1, 0.15) is 46.3 Å². The Balaban J connectivity index is 1.61. The average molecular weight is 686 g/mol. The summed E-state index contributed by atoms with van der Waals surface area (Å²) in [4.78, 5) is 27.2. The van der Waals surface area contributed by atoms with Gasteiger partial charge in [-0.05, 0) is 33.8 Å². The van der Waals surface area contributed by atoms with Gasteiger partial charge in [-0.1, -0.05) is 117 Å². The van der Waals surface area contributed by atoms with Crippen LogP contribution in [0, 0.1) is 0 Å². The van der Waals surface area contributed by atoms with Crippen molar-refractivity contribution in [2.45, 2.75) is 101 Å². The fraction of sp³-hybridized carbons (Fsp3) is 0.515. The van der Waals surface area contributed by atoms with E-state index < -0.39 is 33.9 Å². The van der Waals surface area contributed by atoms with E-state index in [0.29, 0.717) is 12.0 Å². The van der Waals surface area contributed by atoms with Gasteiger partial charge in [-0.25, -0.2) is 4.79 Å². The number of H-pyrrole nitrogens is 1. The number of aromatic nitrogens is 2. The molecule has 6 atom stereocenters. The standard InChI is InChI=1S/C33H45BrN2O5Si2/c1-33(2,3)43(23-13-9-7-10-14-23,24-15-11-8-12-16-24)41-27-22-30(36-20-18-29(37)35-32(36)38)40-31(27)26-21-28(42(4,5)6)25(39-26)17-19-34/h7-16,18,20,25-28,30-31H,17,19,21-22H2,1-6H3,(H,35,37,38)/t25?,26?,27-,28?,30+,31+/m0/s1. The van der Waals surface area contributed by atoms with Gasteiger partial charge in [-0.2, -0.15) is 0 Å². The van der Waals surface area contributed by atoms with Gasteiger partial charge in [0.25, 0.3) is 13.9 Å². The topological polar surface area (TPSA) is 82.6 Å². The van der Waals surface area contributed by atoms with E-state index in [1.165, 1.54) is 27.2 Å². The minimum atomic E-state index is -2.93. The fourth-order valence-corrected chi connectivity index (χ4v) is 14.6. The number of hydrogen-bond acceptors (Lipinski definition) is 5. The number of aromatic amines is 1. The van der Waals surface area contributed by atoms with Crippen LogP contribution in [0.5, 0.6) is 0 Å². The molecule has 0 spiro atoms. The van der Waals surface area contributed by atoms with E-state index in [4.69, 9.17) is 13.9 Å². The van der Waals surface area contributed by atoms with Gasteiger partial charge in [0.05, 0.1) is 26.4 Å². The Morgan fingerprint density at radius 2 is 1.53 bits per heavy atom. The van der Waals surface area contributed by atoms with Crippen LogP contribution >= 0.6 is 15.9 Å². The first-order valence-electron chi connectivity index (χ1n) is 15.3. The molecule has 2 aliphatic rings. The molecule has 2 aliphatic heterocycles. The molecule has 0 aliphatic carbocycles. The van der Waals surface area contributed by atoms with Crippen molar-refractivity contribution in [2.75, 3.05) is 5.33 Å². The van der Waals surface area contributed by atoms with Crippen molar-refractivity contribution < 1.29 is 13.9 Å². The minimum Gasteiger partial charge on any atom is -0.402 e. The van der Waals surface area contributed by atoms with Gasteiger partial charge < -0.3 is 13.9 Å². The second kappa shape index (κ2) is 12.7. The van der Waals surface area contributed by atoms with Gasteiger partial charge in [-0.15, -0.1) is 0 Å². The fourth-order valence-electron chi connectivity index (χ4n) is 7.13. The third kappa shape index (κ3) is 6.51. The highest BCUT2D eigenvalue weighted by atomic mass is 79.9. The first-order valence-corrected chi connectivity index (χ1v) is 21.9. The normalized spacial score (nSPS) is 26.6. The lowest BCUT2D eigenvalue weighted by molar-refractivity contribution is -0.101. The van der Waals surface area contributed by atoms with Crippen molar-refractivity contribution in [2.24, 2.45) is 0 Å². The van der Waals surface area contributed by atoms with Crippen molar-refractivity contribution in [1.82, 2.24) is 9.55 Å². The molecule has 3 heterocycles. The van der Waals surface area contributed by atoms with E-state index in [-0.39, 0.29) is 29.5 Å². The van der Waals surface area contributed by atoms with Crippen LogP contribution in [-0.4, -0.2) is 55.7 Å². The second-order valence-corrected chi connectivity index (χ2v) is 24.5. The summed E-state index contributed by atoms with van der Waals surface area (Å²) in [6.45, 7) is 14.1. The molecule has 0 radical (unpaired) electrons. The summed E-state index contributed by atoms with van der Waals surface area (Å²) in [7, 11) is -4.47. The van der Waals surface area contributed by atoms with Crippen molar-refractivity contribution in [1.29, 1.82) is 0 Å². The monoisotopic (exact) mass is 684 g/mol. The maximum Gasteiger partial charge on any atom is 0.330 e. The molecular weight excluding hydrogens is 640 g/mol. The smallest absolute Gasteiger partial charge is 0.330 e. The Hall–Kier alpha value is -2.09. The third-order valence-electron chi connectivity index (χ3n) is 9.18. The zero-order chi connectivity index (χ0) is 31.0. The van der Waals surface area contributed by atoms with Crippen molar-refractivity contribution in [3.8, 4) is 0 Å². The SMILES string of the molecule is CC(C)(C)[Si](O[C@H]1C[C@H](n2ccc(=O)[nH]c2=O)O[C@@H]1C1CC([Si](C)(C)C)C(CCBr)O1)(c1ccccc1)c1ccccc1. The van der Waals surface area contributed by atoms with Crippen LogP contribution in [0.15, 0.2) is 82.5 Å². The van der Waals surface area contributed by atoms with E-state index in [2.05, 4.69) is 110 Å². The quantitative estimate of drug-likeness (QED) is 0.241. The molecule has 3 aromatic rings. The first kappa shape index (κ1) is 32.3. The number of alkyl halides is 1. The highest BCUT2D eigenvalue weighted by molar-refractivity contribution is 9.09. The summed E-state index contributed by atoms with van der Waals surface area (Å²) in [6.07, 6.45) is 2.57. The van der Waals surface area contributed by atoms with Gasteiger partial charge in [0.2, 0.25) is 0 Å². The number of rotatable bonds is 9. The van der Waals surface area contributed by atoms with Crippen LogP contribution in [-0.2, 0) is 13.9 Å². The van der Waals surface area contributed by atoms with Crippen molar-refractivity contribution in [3.63, 3.8) is 0 Å². The maximum absolute atomic E-state index is 12.9. The van der Waals surface area contributed by atoms with Crippen LogP contribution < -0.4 is 21.6 Å². The summed E-state index contributed by atoms with van der Waals surface area (Å²) < 4.78 is 22.8. The molecule has 2 saturated heterocycles. The Kier molecular flexibility index (Phi) is 9.56. The Morgan fingerprint density at radius 1 is 0.930 bits per heavy atom. The molecular formula is C33H45BrN2O5Si2. The summed E-state index contributed by atoms with van der Waals surface area (Å²) >= 11 is 3.65. The predicted octanol–water partition coefficient (Wildman–Crippen LogP) is 5.42. The molecule has 1 aromatic heterocycles. The zero-order valence-electron chi connectivity index (χ0n) is 26.1. The number of nitrogens with one attached hydrogen (secondary N) is 1. The highest BCUT2D eigenvalue weighted by Gasteiger charge is 2.56. The molecule has 0 amide bonds. The summed E-state index contributed by atoms with van der Waals surface area (Å²) in [5.74, 6) is 0. The maximum atomic E-state index is 12.9. The summed E-state index contributed by atoms with van der Waals surface area (Å²) in [5.41, 5.74) is -0.417. The van der Waals surface area contributed by atoms with Crippen LogP contribution in [0.2, 0.25) is 30.2 Å². The van der Waals surface area contributed by atoms with Gasteiger partial charge in [0.15, 0.2) is 0 Å². The lowest BCUT2D eigenvalue weighted by Gasteiger charge is -2.45. The van der Waals surface area contributed by atoms with Gasteiger partial charge in [-0.3, -0.25) is 14.3 Å². The largest absolute Gasteiger partial charge is 0.402 e. The van der Waals surface area contributed by atoms with Gasteiger partial charge >= 0.3 is 5.69 Å². The third-order valence-corrected chi connectivity index (χ3v) is 17.5. The van der Waals surface area contributed by atoms with E-state index in [0.717, 1.165) is 18.2 Å². The lowest BCUT2D eigenvalue weighted by atomic mass is 10.0. The number of ether oxygens (including phenoxy) is 2. The Labute approximate surface area is 265 Å². The van der Waals surface area contributed by atoms with Crippen molar-refractivity contribution in [3.05, 3.63) is 93.8 Å². The molecule has 3 unspecified atom stereocenters. The predicted molar refractivity (Wildman–Crippen MR) is 181 cm³/mol. The first-order chi connectivity index (χ1) is 20.3. The molecule has 232 valence electrons. The number of benzene rings is 2. The molecule has 43 heavy (non-hydrogen) atoms. The molecule has 0 saturated carbocycles.